The smallest absolute Gasteiger partial charge is 0.254 e. The molecule has 2 fully saturated rings. The second-order valence-electron chi connectivity index (χ2n) is 8.61. The Labute approximate surface area is 202 Å². The molecule has 8 nitrogen and oxygen atoms in total. The van der Waals surface area contributed by atoms with Crippen molar-refractivity contribution in [2.24, 2.45) is 0 Å². The van der Waals surface area contributed by atoms with Crippen LogP contribution in [0.1, 0.15) is 41.2 Å². The number of rotatable bonds is 4. The number of amides is 2. The van der Waals surface area contributed by atoms with E-state index in [1.165, 1.54) is 23.4 Å². The van der Waals surface area contributed by atoms with E-state index in [2.05, 4.69) is 0 Å². The predicted octanol–water partition coefficient (Wildman–Crippen LogP) is 3.13. The van der Waals surface area contributed by atoms with Gasteiger partial charge in [0.1, 0.15) is 5.01 Å². The molecule has 3 heterocycles. The van der Waals surface area contributed by atoms with Gasteiger partial charge in [-0.3, -0.25) is 9.59 Å². The van der Waals surface area contributed by atoms with Crippen molar-refractivity contribution in [1.29, 1.82) is 0 Å². The van der Waals surface area contributed by atoms with Crippen LogP contribution in [-0.4, -0.2) is 72.0 Å². The van der Waals surface area contributed by atoms with E-state index >= 15 is 0 Å². The average Bonchev–Trinajstić information content (AvgIpc) is 3.50. The highest BCUT2D eigenvalue weighted by molar-refractivity contribution is 7.89. The van der Waals surface area contributed by atoms with Gasteiger partial charge in [0, 0.05) is 45.2 Å². The minimum absolute atomic E-state index is 0.0575. The van der Waals surface area contributed by atoms with Crippen LogP contribution in [0.5, 0.6) is 0 Å². The van der Waals surface area contributed by atoms with E-state index in [-0.39, 0.29) is 35.8 Å². The highest BCUT2D eigenvalue weighted by Gasteiger charge is 2.34. The molecule has 0 saturated carbocycles. The summed E-state index contributed by atoms with van der Waals surface area (Å²) in [4.78, 5) is 33.3. The first kappa shape index (κ1) is 22.9. The SMILES string of the molecule is CC(=O)N1CCN(S(=O)(=O)c2cccc(C(=O)N3CCC[C@@H]3c3nc4ccccc4s3)c2)CC1. The van der Waals surface area contributed by atoms with E-state index in [0.717, 1.165) is 28.1 Å². The molecule has 0 spiro atoms. The topological polar surface area (TPSA) is 90.9 Å². The molecular weight excluding hydrogens is 472 g/mol. The first-order valence-electron chi connectivity index (χ1n) is 11.4. The fraction of sp³-hybridized carbons (Fsp3) is 0.375. The van der Waals surface area contributed by atoms with Crippen molar-refractivity contribution in [3.63, 3.8) is 0 Å². The van der Waals surface area contributed by atoms with Crippen LogP contribution >= 0.6 is 11.3 Å². The summed E-state index contributed by atoms with van der Waals surface area (Å²) in [6.45, 7) is 3.32. The molecule has 2 aliphatic heterocycles. The van der Waals surface area contributed by atoms with Gasteiger partial charge in [0.25, 0.3) is 5.91 Å². The van der Waals surface area contributed by atoms with E-state index in [4.69, 9.17) is 4.98 Å². The van der Waals surface area contributed by atoms with Crippen LogP contribution in [0.4, 0.5) is 0 Å². The number of likely N-dealkylation sites (tertiary alicyclic amines) is 1. The number of aromatic nitrogens is 1. The first-order chi connectivity index (χ1) is 16.3. The Bertz CT molecular complexity index is 1310. The molecule has 0 N–H and O–H groups in total. The molecule has 2 aromatic carbocycles. The molecule has 10 heteroatoms. The first-order valence-corrected chi connectivity index (χ1v) is 13.6. The molecule has 178 valence electrons. The largest absolute Gasteiger partial charge is 0.340 e. The maximum Gasteiger partial charge on any atom is 0.254 e. The molecule has 2 aliphatic rings. The Kier molecular flexibility index (Phi) is 6.13. The molecule has 0 radical (unpaired) electrons. The molecule has 0 bridgehead atoms. The lowest BCUT2D eigenvalue weighted by molar-refractivity contribution is -0.129. The maximum atomic E-state index is 13.5. The molecule has 3 aromatic rings. The second kappa shape index (κ2) is 9.09. The number of nitrogens with zero attached hydrogens (tertiary/aromatic N) is 4. The number of carbonyl (C=O) groups excluding carboxylic acids is 2. The van der Waals surface area contributed by atoms with Crippen molar-refractivity contribution < 1.29 is 18.0 Å². The van der Waals surface area contributed by atoms with Crippen molar-refractivity contribution in [3.8, 4) is 0 Å². The van der Waals surface area contributed by atoms with Crippen LogP contribution in [0.3, 0.4) is 0 Å². The van der Waals surface area contributed by atoms with E-state index in [1.807, 2.05) is 29.2 Å². The fourth-order valence-electron chi connectivity index (χ4n) is 4.65. The number of hydrogen-bond donors (Lipinski definition) is 0. The lowest BCUT2D eigenvalue weighted by Gasteiger charge is -2.33. The summed E-state index contributed by atoms with van der Waals surface area (Å²) < 4.78 is 28.9. The van der Waals surface area contributed by atoms with Gasteiger partial charge in [-0.2, -0.15) is 4.31 Å². The molecule has 34 heavy (non-hydrogen) atoms. The molecule has 2 saturated heterocycles. The fourth-order valence-corrected chi connectivity index (χ4v) is 7.23. The Morgan fingerprint density at radius 1 is 1.00 bits per heavy atom. The van der Waals surface area contributed by atoms with Gasteiger partial charge in [-0.25, -0.2) is 13.4 Å². The van der Waals surface area contributed by atoms with E-state index in [0.29, 0.717) is 25.2 Å². The Morgan fingerprint density at radius 3 is 2.50 bits per heavy atom. The van der Waals surface area contributed by atoms with Gasteiger partial charge in [0.2, 0.25) is 15.9 Å². The predicted molar refractivity (Wildman–Crippen MR) is 130 cm³/mol. The van der Waals surface area contributed by atoms with Crippen molar-refractivity contribution in [2.45, 2.75) is 30.7 Å². The average molecular weight is 499 g/mol. The van der Waals surface area contributed by atoms with Crippen molar-refractivity contribution in [1.82, 2.24) is 19.1 Å². The summed E-state index contributed by atoms with van der Waals surface area (Å²) in [6.07, 6.45) is 1.72. The minimum atomic E-state index is -3.76. The third-order valence-electron chi connectivity index (χ3n) is 6.51. The van der Waals surface area contributed by atoms with Crippen molar-refractivity contribution >= 4 is 43.4 Å². The summed E-state index contributed by atoms with van der Waals surface area (Å²) in [5.41, 5.74) is 1.29. The van der Waals surface area contributed by atoms with Gasteiger partial charge in [0.15, 0.2) is 0 Å². The third-order valence-corrected chi connectivity index (χ3v) is 9.54. The quantitative estimate of drug-likeness (QED) is 0.551. The Balaban J connectivity index is 1.37. The Hall–Kier alpha value is -2.82. The zero-order valence-corrected chi connectivity index (χ0v) is 20.5. The number of thiazole rings is 1. The number of carbonyl (C=O) groups is 2. The zero-order valence-electron chi connectivity index (χ0n) is 18.9. The maximum absolute atomic E-state index is 13.5. The monoisotopic (exact) mass is 498 g/mol. The van der Waals surface area contributed by atoms with Gasteiger partial charge in [-0.15, -0.1) is 11.3 Å². The van der Waals surface area contributed by atoms with Crippen LogP contribution in [0.2, 0.25) is 0 Å². The molecule has 0 unspecified atom stereocenters. The zero-order chi connectivity index (χ0) is 23.9. The number of para-hydroxylation sites is 1. The number of piperazine rings is 1. The number of hydrogen-bond acceptors (Lipinski definition) is 6. The third kappa shape index (κ3) is 4.21. The molecule has 0 aliphatic carbocycles. The summed E-state index contributed by atoms with van der Waals surface area (Å²) in [6, 6.07) is 14.1. The molecule has 1 aromatic heterocycles. The van der Waals surface area contributed by atoms with Gasteiger partial charge >= 0.3 is 0 Å². The summed E-state index contributed by atoms with van der Waals surface area (Å²) in [5, 5.41) is 0.916. The highest BCUT2D eigenvalue weighted by Crippen LogP contribution is 2.37. The second-order valence-corrected chi connectivity index (χ2v) is 11.6. The van der Waals surface area contributed by atoms with Crippen LogP contribution in [0.15, 0.2) is 53.4 Å². The van der Waals surface area contributed by atoms with Gasteiger partial charge in [-0.1, -0.05) is 18.2 Å². The summed E-state index contributed by atoms with van der Waals surface area (Å²) >= 11 is 1.60. The molecule has 5 rings (SSSR count). The van der Waals surface area contributed by atoms with E-state index in [1.54, 1.807) is 28.4 Å². The van der Waals surface area contributed by atoms with Crippen LogP contribution in [0.25, 0.3) is 10.2 Å². The molecular formula is C24H26N4O4S2. The van der Waals surface area contributed by atoms with Gasteiger partial charge in [0.05, 0.1) is 21.2 Å². The van der Waals surface area contributed by atoms with Crippen molar-refractivity contribution in [3.05, 3.63) is 59.1 Å². The van der Waals surface area contributed by atoms with Crippen LogP contribution < -0.4 is 0 Å². The number of sulfonamides is 1. The van der Waals surface area contributed by atoms with Gasteiger partial charge in [-0.05, 0) is 43.2 Å². The Morgan fingerprint density at radius 2 is 1.76 bits per heavy atom. The lowest BCUT2D eigenvalue weighted by atomic mass is 10.1. The van der Waals surface area contributed by atoms with E-state index in [9.17, 15) is 18.0 Å². The van der Waals surface area contributed by atoms with E-state index < -0.39 is 10.0 Å². The highest BCUT2D eigenvalue weighted by atomic mass is 32.2. The minimum Gasteiger partial charge on any atom is -0.340 e. The lowest BCUT2D eigenvalue weighted by Crippen LogP contribution is -2.49. The summed E-state index contributed by atoms with van der Waals surface area (Å²) in [7, 11) is -3.76. The number of benzene rings is 2. The van der Waals surface area contributed by atoms with Crippen molar-refractivity contribution in [2.75, 3.05) is 32.7 Å². The standard InChI is InChI=1S/C24H26N4O4S2/c1-17(29)26-12-14-27(15-13-26)34(31,32)19-7-4-6-18(16-19)24(30)28-11-5-9-21(28)23-25-20-8-2-3-10-22(20)33-23/h2-4,6-8,10,16,21H,5,9,11-15H2,1H3/t21-/m1/s1. The normalized spacial score (nSPS) is 19.6. The van der Waals surface area contributed by atoms with Crippen LogP contribution in [0, 0.1) is 0 Å². The van der Waals surface area contributed by atoms with Crippen LogP contribution in [-0.2, 0) is 14.8 Å². The van der Waals surface area contributed by atoms with Gasteiger partial charge < -0.3 is 9.80 Å². The summed E-state index contributed by atoms with van der Waals surface area (Å²) in [5.74, 6) is -0.238. The number of fused-ring (bicyclic) bond motifs is 1. The molecule has 2 amide bonds. The molecule has 1 atom stereocenters.